The molecule has 0 saturated carbocycles. The highest BCUT2D eigenvalue weighted by atomic mass is 14.9. The van der Waals surface area contributed by atoms with E-state index >= 15 is 0 Å². The molecule has 0 heterocycles. The molecule has 0 atom stereocenters. The molecule has 0 amide bonds. The van der Waals surface area contributed by atoms with E-state index in [1.807, 2.05) is 12.1 Å². The van der Waals surface area contributed by atoms with Crippen molar-refractivity contribution in [3.05, 3.63) is 257 Å². The van der Waals surface area contributed by atoms with Crippen LogP contribution in [0.3, 0.4) is 0 Å². The van der Waals surface area contributed by atoms with Crippen LogP contribution in [0.1, 0.15) is 66.1 Å². The highest BCUT2D eigenvalue weighted by Gasteiger charge is 2.51. The largest absolute Gasteiger partial charge is 0.233 e. The predicted octanol–water partition coefficient (Wildman–Crippen LogP) is 16.3. The van der Waals surface area contributed by atoms with Crippen LogP contribution in [-0.2, 0) is 5.41 Å². The van der Waals surface area contributed by atoms with Crippen molar-refractivity contribution >= 4 is 49.6 Å². The second kappa shape index (κ2) is 15.4. The van der Waals surface area contributed by atoms with Gasteiger partial charge in [0.05, 0.1) is 11.1 Å². The molecule has 12 rings (SSSR count). The van der Waals surface area contributed by atoms with Gasteiger partial charge in [0.2, 0.25) is 0 Å². The average Bonchev–Trinajstić information content (AvgIpc) is 3.84. The lowest BCUT2D eigenvalue weighted by Gasteiger charge is -2.30. The quantitative estimate of drug-likeness (QED) is 0.0906. The summed E-state index contributed by atoms with van der Waals surface area (Å²) in [6.45, 7) is 6.49. The molecule has 0 unspecified atom stereocenters. The minimum atomic E-state index is -0.378. The van der Waals surface area contributed by atoms with Crippen molar-refractivity contribution in [3.8, 4) is 33.4 Å². The van der Waals surface area contributed by atoms with Crippen molar-refractivity contribution in [2.24, 2.45) is 9.98 Å². The molecule has 308 valence electrons. The first-order valence-corrected chi connectivity index (χ1v) is 22.8. The van der Waals surface area contributed by atoms with Crippen molar-refractivity contribution in [3.63, 3.8) is 0 Å². The maximum Gasteiger partial charge on any atom is 0.160 e. The maximum absolute atomic E-state index is 5.52. The van der Waals surface area contributed by atoms with E-state index in [1.165, 1.54) is 93.5 Å². The van der Waals surface area contributed by atoms with Gasteiger partial charge in [0, 0.05) is 16.8 Å². The summed E-state index contributed by atoms with van der Waals surface area (Å²) in [5.74, 6) is 0.697. The van der Waals surface area contributed by atoms with Crippen molar-refractivity contribution in [2.75, 3.05) is 0 Å². The molecule has 10 aromatic rings. The van der Waals surface area contributed by atoms with Crippen LogP contribution in [0, 0.1) is 0 Å². The van der Waals surface area contributed by atoms with E-state index < -0.39 is 0 Å². The normalized spacial score (nSPS) is 14.1. The molecule has 65 heavy (non-hydrogen) atoms. The van der Waals surface area contributed by atoms with Crippen LogP contribution in [0.2, 0.25) is 0 Å². The molecule has 0 N–H and O–H groups in total. The SMILES string of the molecule is CC/C(C)=C(/N=C(\N=C(/C)c1ccccc1)c1ccccc1)c1ccc2c3ccccc3c3cccc(-c4ccc5c(c4)-c4ccccc4C54c5ccccc5-c5ccccc54)c3c2c1. The fourth-order valence-electron chi connectivity index (χ4n) is 11.0. The second-order valence-corrected chi connectivity index (χ2v) is 17.5. The van der Waals surface area contributed by atoms with Gasteiger partial charge in [-0.25, -0.2) is 9.98 Å². The van der Waals surface area contributed by atoms with Crippen LogP contribution in [-0.4, -0.2) is 11.5 Å². The summed E-state index contributed by atoms with van der Waals surface area (Å²) in [4.78, 5) is 10.8. The molecule has 2 nitrogen and oxygen atoms in total. The van der Waals surface area contributed by atoms with Crippen LogP contribution < -0.4 is 0 Å². The molecule has 1 spiro atoms. The number of aliphatic imine (C=N–C) groups is 2. The molecule has 0 bridgehead atoms. The van der Waals surface area contributed by atoms with Crippen LogP contribution in [0.5, 0.6) is 0 Å². The van der Waals surface area contributed by atoms with Gasteiger partial charge in [-0.05, 0) is 131 Å². The summed E-state index contributed by atoms with van der Waals surface area (Å²) in [6, 6.07) is 77.9. The molecule has 2 aliphatic carbocycles. The zero-order valence-electron chi connectivity index (χ0n) is 36.8. The van der Waals surface area contributed by atoms with Crippen molar-refractivity contribution < 1.29 is 0 Å². The third-order valence-electron chi connectivity index (χ3n) is 14.1. The third-order valence-corrected chi connectivity index (χ3v) is 14.1. The molecule has 2 heteroatoms. The first-order chi connectivity index (χ1) is 32.0. The fourth-order valence-corrected chi connectivity index (χ4v) is 11.0. The maximum atomic E-state index is 5.52. The predicted molar refractivity (Wildman–Crippen MR) is 275 cm³/mol. The molecule has 0 radical (unpaired) electrons. The van der Waals surface area contributed by atoms with Gasteiger partial charge in [-0.3, -0.25) is 0 Å². The van der Waals surface area contributed by atoms with E-state index in [1.54, 1.807) is 0 Å². The summed E-state index contributed by atoms with van der Waals surface area (Å²) in [5, 5.41) is 7.44. The highest BCUT2D eigenvalue weighted by Crippen LogP contribution is 2.63. The summed E-state index contributed by atoms with van der Waals surface area (Å²) in [6.07, 6.45) is 0.858. The van der Waals surface area contributed by atoms with Crippen LogP contribution in [0.25, 0.3) is 71.4 Å². The Bertz CT molecular complexity index is 3600. The Kier molecular flexibility index (Phi) is 9.17. The van der Waals surface area contributed by atoms with Crippen LogP contribution in [0.15, 0.2) is 228 Å². The fraction of sp³-hybridized carbons (Fsp3) is 0.0794. The number of benzene rings is 10. The van der Waals surface area contributed by atoms with Crippen molar-refractivity contribution in [1.82, 2.24) is 0 Å². The summed E-state index contributed by atoms with van der Waals surface area (Å²) in [7, 11) is 0. The van der Waals surface area contributed by atoms with E-state index in [2.05, 4.69) is 221 Å². The Hall–Kier alpha value is -7.94. The monoisotopic (exact) mass is 830 g/mol. The molecular formula is C63H46N2. The minimum absolute atomic E-state index is 0.378. The Morgan fingerprint density at radius 3 is 1.54 bits per heavy atom. The number of rotatable bonds is 6. The number of hydrogen-bond acceptors (Lipinski definition) is 1. The zero-order valence-corrected chi connectivity index (χ0v) is 36.8. The zero-order chi connectivity index (χ0) is 43.6. The number of amidine groups is 1. The molecule has 0 aromatic heterocycles. The Balaban J connectivity index is 1.09. The highest BCUT2D eigenvalue weighted by molar-refractivity contribution is 6.29. The van der Waals surface area contributed by atoms with E-state index in [4.69, 9.17) is 9.98 Å². The smallest absolute Gasteiger partial charge is 0.160 e. The van der Waals surface area contributed by atoms with Crippen LogP contribution >= 0.6 is 0 Å². The van der Waals surface area contributed by atoms with Crippen LogP contribution in [0.4, 0.5) is 0 Å². The number of hydrogen-bond donors (Lipinski definition) is 0. The van der Waals surface area contributed by atoms with Gasteiger partial charge in [-0.15, -0.1) is 0 Å². The Labute approximate surface area is 380 Å². The number of nitrogens with zero attached hydrogens (tertiary/aromatic N) is 2. The van der Waals surface area contributed by atoms with Gasteiger partial charge in [0.15, 0.2) is 5.84 Å². The Morgan fingerprint density at radius 1 is 0.385 bits per heavy atom. The van der Waals surface area contributed by atoms with Gasteiger partial charge < -0.3 is 0 Å². The third kappa shape index (κ3) is 5.94. The molecule has 10 aromatic carbocycles. The lowest BCUT2D eigenvalue weighted by atomic mass is 9.70. The number of allylic oxidation sites excluding steroid dienone is 1. The summed E-state index contributed by atoms with van der Waals surface area (Å²) < 4.78 is 0. The average molecular weight is 831 g/mol. The van der Waals surface area contributed by atoms with Gasteiger partial charge in [-0.2, -0.15) is 0 Å². The summed E-state index contributed by atoms with van der Waals surface area (Å²) >= 11 is 0. The molecular weight excluding hydrogens is 785 g/mol. The van der Waals surface area contributed by atoms with Gasteiger partial charge in [0.25, 0.3) is 0 Å². The standard InChI is InChI=1S/C63H46N2/c1-4-40(2)61(65-62(43-22-9-6-10-23-43)64-41(3)42-20-7-5-8-21-42)45-34-36-49-47-24-11-12-25-48(47)53-30-19-29-46(60(53)55(49)39-45)44-35-37-59-54(38-44)52-28-15-18-33-58(52)63(59)56-31-16-13-26-50(56)51-27-14-17-32-57(51)63/h5-39H,4H2,1-3H3/b61-40+,64-41+,65-62-. The molecule has 0 fully saturated rings. The lowest BCUT2D eigenvalue weighted by Crippen LogP contribution is -2.25. The minimum Gasteiger partial charge on any atom is -0.233 e. The topological polar surface area (TPSA) is 24.7 Å². The lowest BCUT2D eigenvalue weighted by molar-refractivity contribution is 0.794. The molecule has 2 aliphatic rings. The first-order valence-electron chi connectivity index (χ1n) is 22.8. The Morgan fingerprint density at radius 2 is 0.892 bits per heavy atom. The van der Waals surface area contributed by atoms with E-state index in [-0.39, 0.29) is 5.41 Å². The first kappa shape index (κ1) is 38.7. The number of fused-ring (bicyclic) bond motifs is 16. The van der Waals surface area contributed by atoms with Gasteiger partial charge in [0.1, 0.15) is 0 Å². The van der Waals surface area contributed by atoms with Crippen molar-refractivity contribution in [1.29, 1.82) is 0 Å². The second-order valence-electron chi connectivity index (χ2n) is 17.5. The molecule has 0 saturated heterocycles. The molecule has 0 aliphatic heterocycles. The van der Waals surface area contributed by atoms with E-state index in [0.717, 1.165) is 34.5 Å². The van der Waals surface area contributed by atoms with Gasteiger partial charge >= 0.3 is 0 Å². The van der Waals surface area contributed by atoms with E-state index in [0.29, 0.717) is 5.84 Å². The van der Waals surface area contributed by atoms with Crippen molar-refractivity contribution in [2.45, 2.75) is 32.6 Å². The summed E-state index contributed by atoms with van der Waals surface area (Å²) in [5.41, 5.74) is 18.9. The van der Waals surface area contributed by atoms with Gasteiger partial charge in [-0.1, -0.05) is 207 Å². The van der Waals surface area contributed by atoms with E-state index in [9.17, 15) is 0 Å².